The van der Waals surface area contributed by atoms with Gasteiger partial charge in [-0.1, -0.05) is 46.5 Å². The van der Waals surface area contributed by atoms with Gasteiger partial charge in [0, 0.05) is 29.5 Å². The van der Waals surface area contributed by atoms with Gasteiger partial charge in [-0.05, 0) is 80.1 Å². The van der Waals surface area contributed by atoms with Gasteiger partial charge >= 0.3 is 6.18 Å². The first kappa shape index (κ1) is 33.6. The summed E-state index contributed by atoms with van der Waals surface area (Å²) in [6.45, 7) is 7.32. The fraction of sp³-hybridized carbons (Fsp3) is 0.355. The van der Waals surface area contributed by atoms with E-state index in [1.165, 1.54) is 11.1 Å². The van der Waals surface area contributed by atoms with E-state index in [9.17, 15) is 13.2 Å². The van der Waals surface area contributed by atoms with Crippen LogP contribution in [0.15, 0.2) is 82.7 Å². The van der Waals surface area contributed by atoms with Gasteiger partial charge in [-0.25, -0.2) is 4.98 Å². The van der Waals surface area contributed by atoms with Crippen LogP contribution >= 0.6 is 11.6 Å². The van der Waals surface area contributed by atoms with Crippen LogP contribution in [0.4, 0.5) is 24.7 Å². The number of nitrogens with two attached hydrogens (primary N) is 1. The first-order chi connectivity index (χ1) is 20.7. The quantitative estimate of drug-likeness (QED) is 0.327. The molecule has 1 aliphatic carbocycles. The van der Waals surface area contributed by atoms with Crippen molar-refractivity contribution in [1.29, 1.82) is 0 Å². The molecule has 8 nitrogen and oxygen atoms in total. The molecule has 2 aromatic carbocycles. The van der Waals surface area contributed by atoms with Crippen molar-refractivity contribution in [3.05, 3.63) is 82.7 Å². The molecule has 0 radical (unpaired) electrons. The van der Waals surface area contributed by atoms with E-state index >= 15 is 0 Å². The molecule has 236 valence electrons. The lowest BCUT2D eigenvalue weighted by atomic mass is 9.81. The minimum Gasteiger partial charge on any atom is -0.773 e. The van der Waals surface area contributed by atoms with Gasteiger partial charge in [0.05, 0.1) is 36.0 Å². The average Bonchev–Trinajstić information content (AvgIpc) is 2.96. The second kappa shape index (κ2) is 13.8. The van der Waals surface area contributed by atoms with Crippen LogP contribution in [0.2, 0.25) is 0 Å². The zero-order valence-corrected chi connectivity index (χ0v) is 26.4. The van der Waals surface area contributed by atoms with Crippen molar-refractivity contribution in [3.63, 3.8) is 0 Å². The summed E-state index contributed by atoms with van der Waals surface area (Å²) in [4.78, 5) is 12.1. The number of morpholine rings is 1. The zero-order valence-electron chi connectivity index (χ0n) is 24.8. The smallest absolute Gasteiger partial charge is 0.406 e. The number of nitrogens with zero attached hydrogens (tertiary/aromatic N) is 4. The third kappa shape index (κ3) is 7.86. The predicted molar refractivity (Wildman–Crippen MR) is 169 cm³/mol. The van der Waals surface area contributed by atoms with Gasteiger partial charge < -0.3 is 19.9 Å². The Morgan fingerprint density at radius 3 is 2.32 bits per heavy atom. The van der Waals surface area contributed by atoms with Crippen LogP contribution in [0.3, 0.4) is 0 Å². The number of allylic oxidation sites excluding steroid dienone is 2. The summed E-state index contributed by atoms with van der Waals surface area (Å²) in [6, 6.07) is 12.6. The van der Waals surface area contributed by atoms with Gasteiger partial charge in [-0.15, -0.1) is 0 Å². The summed E-state index contributed by atoms with van der Waals surface area (Å²) < 4.78 is 65.2. The highest BCUT2D eigenvalue weighted by molar-refractivity contribution is 7.78. The number of anilines is 2. The number of ether oxygens (including phenoxy) is 1. The van der Waals surface area contributed by atoms with Crippen LogP contribution in [-0.2, 0) is 15.8 Å². The summed E-state index contributed by atoms with van der Waals surface area (Å²) in [6.07, 6.45) is 1.64. The van der Waals surface area contributed by atoms with E-state index in [0.717, 1.165) is 28.5 Å². The molecular formula is C31H34ClF3N5O3S-. The zero-order chi connectivity index (χ0) is 32.2. The van der Waals surface area contributed by atoms with Crippen molar-refractivity contribution in [1.82, 2.24) is 14.9 Å². The van der Waals surface area contributed by atoms with E-state index in [4.69, 9.17) is 30.8 Å². The van der Waals surface area contributed by atoms with Crippen LogP contribution in [0.5, 0.6) is 0 Å². The Labute approximate surface area is 262 Å². The van der Waals surface area contributed by atoms with Crippen LogP contribution in [0.1, 0.15) is 20.8 Å². The summed E-state index contributed by atoms with van der Waals surface area (Å²) in [7, 11) is 0. The highest BCUT2D eigenvalue weighted by atomic mass is 35.5. The van der Waals surface area contributed by atoms with Crippen LogP contribution in [0, 0.1) is 0 Å². The molecule has 0 bridgehead atoms. The summed E-state index contributed by atoms with van der Waals surface area (Å²) in [5.74, 6) is 0.335. The number of fused-ring (bicyclic) bond motifs is 1. The largest absolute Gasteiger partial charge is 0.773 e. The number of benzene rings is 2. The van der Waals surface area contributed by atoms with Crippen molar-refractivity contribution < 1.29 is 26.7 Å². The molecule has 0 saturated carbocycles. The first-order valence-corrected chi connectivity index (χ1v) is 15.6. The summed E-state index contributed by atoms with van der Waals surface area (Å²) >= 11 is 5.07. The fourth-order valence-electron chi connectivity index (χ4n) is 5.40. The molecule has 3 aromatic rings. The van der Waals surface area contributed by atoms with Crippen molar-refractivity contribution in [2.75, 3.05) is 49.7 Å². The van der Waals surface area contributed by atoms with Crippen molar-refractivity contribution in [3.8, 4) is 11.1 Å². The minimum atomic E-state index is -4.44. The standard InChI is InChI=1S/C30H31ClF3N5O.CH4O2S/c1-19(2)24-15-23(16-27(31)29(24,3)38-10-12-40-13-11-38)39(18-30(32,33)34)22-7-4-20(5-8-22)21-6-9-25-26(14-21)36-17-28(35)37-25;1-4(2)3/h4-9,14-17H,10-13,18H2,1-3H3,(H2,35,37);1H3,(H,2,3)/p-1. The van der Waals surface area contributed by atoms with Gasteiger partial charge in [-0.3, -0.25) is 14.1 Å². The molecule has 1 aliphatic heterocycles. The van der Waals surface area contributed by atoms with Crippen molar-refractivity contribution in [2.24, 2.45) is 0 Å². The average molecular weight is 649 g/mol. The molecule has 5 rings (SSSR count). The van der Waals surface area contributed by atoms with E-state index in [2.05, 4.69) is 14.9 Å². The number of halogens is 4. The molecule has 2 unspecified atom stereocenters. The molecule has 0 spiro atoms. The monoisotopic (exact) mass is 648 g/mol. The second-order valence-corrected chi connectivity index (χ2v) is 12.0. The Bertz CT molecular complexity index is 1610. The predicted octanol–water partition coefficient (Wildman–Crippen LogP) is 6.19. The maximum atomic E-state index is 13.9. The van der Waals surface area contributed by atoms with E-state index in [0.29, 0.717) is 59.6 Å². The lowest BCUT2D eigenvalue weighted by Gasteiger charge is -2.47. The molecule has 1 fully saturated rings. The normalized spacial score (nSPS) is 19.9. The molecule has 2 atom stereocenters. The van der Waals surface area contributed by atoms with E-state index in [1.807, 2.05) is 45.0 Å². The van der Waals surface area contributed by atoms with Crippen LogP contribution < -0.4 is 10.6 Å². The Balaban J connectivity index is 0.00000104. The van der Waals surface area contributed by atoms with Gasteiger partial charge in [0.2, 0.25) is 0 Å². The first-order valence-electron chi connectivity index (χ1n) is 13.8. The number of hydrogen-bond donors (Lipinski definition) is 1. The Kier molecular flexibility index (Phi) is 10.5. The van der Waals surface area contributed by atoms with Gasteiger partial charge in [0.1, 0.15) is 12.4 Å². The highest BCUT2D eigenvalue weighted by Crippen LogP contribution is 2.43. The second-order valence-electron chi connectivity index (χ2n) is 10.8. The van der Waals surface area contributed by atoms with E-state index in [-0.39, 0.29) is 0 Å². The molecular weight excluding hydrogens is 615 g/mol. The van der Waals surface area contributed by atoms with Crippen LogP contribution in [0.25, 0.3) is 22.2 Å². The SMILES string of the molecule is CC(C)=C1C=C(N(CC(F)(F)F)c2ccc(-c3ccc4nc(N)cnc4c3)cc2)C=C(Cl)C1(C)N1CCOCC1.CS(=O)[O-]. The van der Waals surface area contributed by atoms with Crippen molar-refractivity contribution >= 4 is 45.2 Å². The molecule has 1 aromatic heterocycles. The Morgan fingerprint density at radius 2 is 1.73 bits per heavy atom. The molecule has 0 amide bonds. The summed E-state index contributed by atoms with van der Waals surface area (Å²) in [5.41, 5.74) is 10.8. The number of rotatable bonds is 5. The van der Waals surface area contributed by atoms with Gasteiger partial charge in [0.25, 0.3) is 0 Å². The third-order valence-corrected chi connectivity index (χ3v) is 7.94. The number of alkyl halides is 3. The van der Waals surface area contributed by atoms with Gasteiger partial charge in [0.15, 0.2) is 0 Å². The maximum Gasteiger partial charge on any atom is 0.406 e. The lowest BCUT2D eigenvalue weighted by molar-refractivity contribution is -0.118. The summed E-state index contributed by atoms with van der Waals surface area (Å²) in [5, 5.41) is 0.477. The number of hydrogen-bond acceptors (Lipinski definition) is 8. The fourth-order valence-corrected chi connectivity index (χ4v) is 5.73. The molecule has 44 heavy (non-hydrogen) atoms. The lowest BCUT2D eigenvalue weighted by Crippen LogP contribution is -2.54. The molecule has 2 N–H and O–H groups in total. The van der Waals surface area contributed by atoms with E-state index in [1.54, 1.807) is 30.3 Å². The van der Waals surface area contributed by atoms with Crippen LogP contribution in [-0.4, -0.2) is 74.4 Å². The van der Waals surface area contributed by atoms with Crippen molar-refractivity contribution in [2.45, 2.75) is 32.5 Å². The minimum absolute atomic E-state index is 0.335. The Morgan fingerprint density at radius 1 is 1.11 bits per heavy atom. The highest BCUT2D eigenvalue weighted by Gasteiger charge is 2.42. The van der Waals surface area contributed by atoms with Gasteiger partial charge in [-0.2, -0.15) is 13.2 Å². The Hall–Kier alpha value is -3.29. The molecule has 1 saturated heterocycles. The molecule has 13 heteroatoms. The number of aromatic nitrogens is 2. The maximum absolute atomic E-state index is 13.9. The molecule has 2 heterocycles. The topological polar surface area (TPSA) is 108 Å². The number of nitrogen functional groups attached to an aromatic ring is 1. The van der Waals surface area contributed by atoms with E-state index < -0.39 is 29.3 Å². The molecule has 2 aliphatic rings. The third-order valence-electron chi connectivity index (χ3n) is 7.46.